The Morgan fingerprint density at radius 1 is 1.17 bits per heavy atom. The molecule has 1 aliphatic heterocycles. The van der Waals surface area contributed by atoms with E-state index in [9.17, 15) is 9.59 Å². The lowest BCUT2D eigenvalue weighted by atomic mass is 10.0. The van der Waals surface area contributed by atoms with Gasteiger partial charge in [0.05, 0.1) is 6.54 Å². The summed E-state index contributed by atoms with van der Waals surface area (Å²) < 4.78 is 0. The number of carbonyl (C=O) groups excluding carboxylic acids is 2. The summed E-state index contributed by atoms with van der Waals surface area (Å²) in [5.74, 6) is 0.452. The topological polar surface area (TPSA) is 65.5 Å². The van der Waals surface area contributed by atoms with Gasteiger partial charge in [0.25, 0.3) is 0 Å². The third-order valence-electron chi connectivity index (χ3n) is 5.25. The van der Waals surface area contributed by atoms with Gasteiger partial charge in [-0.2, -0.15) is 0 Å². The molecule has 3 rings (SSSR count). The van der Waals surface area contributed by atoms with Gasteiger partial charge in [0.1, 0.15) is 5.82 Å². The Morgan fingerprint density at radius 3 is 2.66 bits per heavy atom. The smallest absolute Gasteiger partial charge is 0.246 e. The third kappa shape index (κ3) is 5.09. The van der Waals surface area contributed by atoms with E-state index < -0.39 is 0 Å². The van der Waals surface area contributed by atoms with Gasteiger partial charge in [0.2, 0.25) is 11.8 Å². The zero-order valence-electron chi connectivity index (χ0n) is 17.7. The monoisotopic (exact) mass is 392 g/mol. The highest BCUT2D eigenvalue weighted by atomic mass is 16.2. The van der Waals surface area contributed by atoms with Crippen LogP contribution < -0.4 is 5.32 Å². The molecule has 1 aromatic heterocycles. The van der Waals surface area contributed by atoms with Gasteiger partial charge in [0.15, 0.2) is 0 Å². The van der Waals surface area contributed by atoms with Crippen molar-refractivity contribution >= 4 is 23.7 Å². The summed E-state index contributed by atoms with van der Waals surface area (Å²) in [5, 5.41) is 2.81. The van der Waals surface area contributed by atoms with Gasteiger partial charge in [-0.25, -0.2) is 4.98 Å². The number of pyridine rings is 1. The second-order valence-electron chi connectivity index (χ2n) is 7.89. The van der Waals surface area contributed by atoms with Crippen molar-refractivity contribution < 1.29 is 9.59 Å². The van der Waals surface area contributed by atoms with E-state index in [1.807, 2.05) is 18.0 Å². The van der Waals surface area contributed by atoms with Crippen LogP contribution in [0.5, 0.6) is 0 Å². The number of nitrogens with one attached hydrogen (secondary N) is 1. The standard InChI is InChI=1S/C23H28N4O2/c1-15-8-17(3)19(9-16(15)2)13-27(5)22(29)7-6-18-10-20-12-26(4)14-21(28)25-23(20)24-11-18/h6-11H,12-14H2,1-5H3,(H,24,25,28). The van der Waals surface area contributed by atoms with Gasteiger partial charge in [-0.15, -0.1) is 0 Å². The Hall–Kier alpha value is -2.99. The van der Waals surface area contributed by atoms with E-state index in [1.165, 1.54) is 16.7 Å². The molecule has 0 radical (unpaired) electrons. The van der Waals surface area contributed by atoms with Crippen LogP contribution in [0.4, 0.5) is 5.82 Å². The largest absolute Gasteiger partial charge is 0.338 e. The minimum atomic E-state index is -0.0690. The van der Waals surface area contributed by atoms with E-state index in [1.54, 1.807) is 30.3 Å². The van der Waals surface area contributed by atoms with Gasteiger partial charge in [-0.1, -0.05) is 12.1 Å². The minimum Gasteiger partial charge on any atom is -0.338 e. The maximum Gasteiger partial charge on any atom is 0.246 e. The van der Waals surface area contributed by atoms with Crippen LogP contribution in [0.3, 0.4) is 0 Å². The van der Waals surface area contributed by atoms with Crippen LogP contribution in [-0.2, 0) is 22.7 Å². The van der Waals surface area contributed by atoms with E-state index >= 15 is 0 Å². The van der Waals surface area contributed by atoms with Crippen LogP contribution in [0.2, 0.25) is 0 Å². The van der Waals surface area contributed by atoms with Crippen LogP contribution in [0.25, 0.3) is 6.08 Å². The molecule has 2 amide bonds. The summed E-state index contributed by atoms with van der Waals surface area (Å²) in [6.07, 6.45) is 5.01. The normalized spacial score (nSPS) is 14.4. The van der Waals surface area contributed by atoms with Crippen LogP contribution in [0.15, 0.2) is 30.5 Å². The number of aromatic nitrogens is 1. The van der Waals surface area contributed by atoms with Gasteiger partial charge in [-0.05, 0) is 67.8 Å². The average molecular weight is 393 g/mol. The number of hydrogen-bond donors (Lipinski definition) is 1. The van der Waals surface area contributed by atoms with Gasteiger partial charge in [0, 0.05) is 38.0 Å². The Kier molecular flexibility index (Phi) is 6.13. The summed E-state index contributed by atoms with van der Waals surface area (Å²) in [4.78, 5) is 32.4. The number of fused-ring (bicyclic) bond motifs is 1. The fraction of sp³-hybridized carbons (Fsp3) is 0.348. The Balaban J connectivity index is 1.70. The van der Waals surface area contributed by atoms with E-state index in [2.05, 4.69) is 43.2 Å². The summed E-state index contributed by atoms with van der Waals surface area (Å²) in [6.45, 7) is 7.79. The van der Waals surface area contributed by atoms with Crippen molar-refractivity contribution in [3.05, 3.63) is 63.9 Å². The molecule has 6 nitrogen and oxygen atoms in total. The number of nitrogens with zero attached hydrogens (tertiary/aromatic N) is 3. The number of amides is 2. The maximum absolute atomic E-state index is 12.6. The number of benzene rings is 1. The molecule has 0 spiro atoms. The molecule has 0 atom stereocenters. The van der Waals surface area contributed by atoms with Crippen molar-refractivity contribution in [1.82, 2.24) is 14.8 Å². The SMILES string of the molecule is Cc1cc(C)c(CN(C)C(=O)C=Cc2cnc3c(c2)CN(C)CC(=O)N3)cc1C. The molecule has 0 saturated carbocycles. The van der Waals surface area contributed by atoms with Crippen LogP contribution in [0, 0.1) is 20.8 Å². The first-order valence-electron chi connectivity index (χ1n) is 9.70. The molecule has 6 heteroatoms. The number of hydrogen-bond acceptors (Lipinski definition) is 4. The molecular formula is C23H28N4O2. The molecule has 0 unspecified atom stereocenters. The number of carbonyl (C=O) groups is 2. The molecule has 29 heavy (non-hydrogen) atoms. The van der Waals surface area contributed by atoms with Crippen LogP contribution in [-0.4, -0.2) is 47.2 Å². The van der Waals surface area contributed by atoms with E-state index in [0.29, 0.717) is 25.5 Å². The number of rotatable bonds is 4. The first kappa shape index (κ1) is 20.7. The Morgan fingerprint density at radius 2 is 1.90 bits per heavy atom. The summed E-state index contributed by atoms with van der Waals surface area (Å²) >= 11 is 0. The fourth-order valence-corrected chi connectivity index (χ4v) is 3.44. The molecule has 1 aliphatic rings. The van der Waals surface area contributed by atoms with E-state index in [4.69, 9.17) is 0 Å². The highest BCUT2D eigenvalue weighted by molar-refractivity contribution is 5.93. The molecule has 2 heterocycles. The van der Waals surface area contributed by atoms with Crippen molar-refractivity contribution in [2.75, 3.05) is 26.0 Å². The van der Waals surface area contributed by atoms with Gasteiger partial charge in [-0.3, -0.25) is 14.5 Å². The molecule has 1 N–H and O–H groups in total. The first-order valence-corrected chi connectivity index (χ1v) is 9.70. The maximum atomic E-state index is 12.6. The van der Waals surface area contributed by atoms with Crippen molar-refractivity contribution in [1.29, 1.82) is 0 Å². The lowest BCUT2D eigenvalue weighted by molar-refractivity contribution is -0.125. The lowest BCUT2D eigenvalue weighted by Gasteiger charge is -2.18. The minimum absolute atomic E-state index is 0.0667. The van der Waals surface area contributed by atoms with Gasteiger partial charge >= 0.3 is 0 Å². The van der Waals surface area contributed by atoms with Crippen molar-refractivity contribution in [2.24, 2.45) is 0 Å². The molecule has 0 fully saturated rings. The lowest BCUT2D eigenvalue weighted by Crippen LogP contribution is -2.26. The zero-order chi connectivity index (χ0) is 21.1. The highest BCUT2D eigenvalue weighted by Crippen LogP contribution is 2.20. The summed E-state index contributed by atoms with van der Waals surface area (Å²) in [5.41, 5.74) is 6.61. The summed E-state index contributed by atoms with van der Waals surface area (Å²) in [7, 11) is 3.70. The highest BCUT2D eigenvalue weighted by Gasteiger charge is 2.17. The van der Waals surface area contributed by atoms with Gasteiger partial charge < -0.3 is 10.2 Å². The van der Waals surface area contributed by atoms with Crippen LogP contribution >= 0.6 is 0 Å². The molecule has 2 aromatic rings. The summed E-state index contributed by atoms with van der Waals surface area (Å²) in [6, 6.07) is 6.27. The van der Waals surface area contributed by atoms with E-state index in [-0.39, 0.29) is 11.8 Å². The number of anilines is 1. The zero-order valence-corrected chi connectivity index (χ0v) is 17.7. The Bertz CT molecular complexity index is 981. The predicted octanol–water partition coefficient (Wildman–Crippen LogP) is 3.06. The van der Waals surface area contributed by atoms with Crippen molar-refractivity contribution in [3.8, 4) is 0 Å². The Labute approximate surface area is 172 Å². The van der Waals surface area contributed by atoms with Crippen molar-refractivity contribution in [3.63, 3.8) is 0 Å². The quantitative estimate of drug-likeness (QED) is 0.812. The first-order chi connectivity index (χ1) is 13.7. The molecule has 152 valence electrons. The average Bonchev–Trinajstić information content (AvgIpc) is 2.79. The van der Waals surface area contributed by atoms with Crippen molar-refractivity contribution in [2.45, 2.75) is 33.9 Å². The second-order valence-corrected chi connectivity index (χ2v) is 7.89. The van der Waals surface area contributed by atoms with E-state index in [0.717, 1.165) is 16.7 Å². The third-order valence-corrected chi connectivity index (χ3v) is 5.25. The number of aryl methyl sites for hydroxylation is 3. The van der Waals surface area contributed by atoms with Crippen LogP contribution in [0.1, 0.15) is 33.4 Å². The molecule has 0 bridgehead atoms. The second kappa shape index (κ2) is 8.57. The molecule has 0 aliphatic carbocycles. The number of likely N-dealkylation sites (N-methyl/N-ethyl adjacent to an activating group) is 2. The predicted molar refractivity (Wildman–Crippen MR) is 115 cm³/mol. The fourth-order valence-electron chi connectivity index (χ4n) is 3.44. The molecule has 0 saturated heterocycles. The molecular weight excluding hydrogens is 364 g/mol. The molecule has 1 aromatic carbocycles.